The van der Waals surface area contributed by atoms with Gasteiger partial charge in [0.15, 0.2) is 0 Å². The Bertz CT molecular complexity index is 856. The summed E-state index contributed by atoms with van der Waals surface area (Å²) in [4.78, 5) is 2.14. The minimum absolute atomic E-state index is 0.145. The van der Waals surface area contributed by atoms with E-state index >= 15 is 0 Å². The normalized spacial score (nSPS) is 13.5. The fourth-order valence-corrected chi connectivity index (χ4v) is 10.2. The molecule has 0 spiro atoms. The summed E-state index contributed by atoms with van der Waals surface area (Å²) < 4.78 is 20.1. The van der Waals surface area contributed by atoms with E-state index in [4.69, 9.17) is 13.6 Å². The zero-order valence-electron chi connectivity index (χ0n) is 39.5. The van der Waals surface area contributed by atoms with Crippen molar-refractivity contribution in [3.05, 3.63) is 24.3 Å². The molecular weight excluding hydrogens is 755 g/mol. The van der Waals surface area contributed by atoms with Crippen molar-refractivity contribution in [1.29, 1.82) is 0 Å². The van der Waals surface area contributed by atoms with Crippen LogP contribution in [0.15, 0.2) is 24.3 Å². The van der Waals surface area contributed by atoms with E-state index in [0.717, 1.165) is 64.7 Å². The van der Waals surface area contributed by atoms with Gasteiger partial charge in [0.25, 0.3) is 0 Å². The lowest BCUT2D eigenvalue weighted by molar-refractivity contribution is -0.103. The molecule has 0 aromatic carbocycles. The van der Waals surface area contributed by atoms with Gasteiger partial charge in [-0.2, -0.15) is 11.8 Å². The average molecular weight is 857 g/mol. The van der Waals surface area contributed by atoms with Gasteiger partial charge in [0.1, 0.15) is 6.29 Å². The molecule has 8 heteroatoms. The maximum Gasteiger partial charge on any atom is 0.333 e. The quantitative estimate of drug-likeness (QED) is 0.0273. The summed E-state index contributed by atoms with van der Waals surface area (Å²) >= 11 is 2.16. The molecule has 2 N–H and O–H groups in total. The molecular formula is C50H101NO5SSi. The highest BCUT2D eigenvalue weighted by molar-refractivity contribution is 7.99. The molecule has 2 unspecified atom stereocenters. The first-order valence-corrected chi connectivity index (χ1v) is 29.1. The van der Waals surface area contributed by atoms with Gasteiger partial charge in [-0.1, -0.05) is 173 Å². The van der Waals surface area contributed by atoms with E-state index in [0.29, 0.717) is 18.3 Å². The first kappa shape index (κ1) is 57.8. The predicted octanol–water partition coefficient (Wildman–Crippen LogP) is 14.7. The molecule has 346 valence electrons. The van der Waals surface area contributed by atoms with Crippen molar-refractivity contribution in [2.75, 3.05) is 51.8 Å². The van der Waals surface area contributed by atoms with Crippen molar-refractivity contribution in [3.63, 3.8) is 0 Å². The molecule has 58 heavy (non-hydrogen) atoms. The van der Waals surface area contributed by atoms with E-state index < -0.39 is 8.56 Å². The molecule has 0 fully saturated rings. The smallest absolute Gasteiger partial charge is 0.333 e. The van der Waals surface area contributed by atoms with Gasteiger partial charge in [-0.15, -0.1) is 0 Å². The lowest BCUT2D eigenvalue weighted by Crippen LogP contribution is -2.41. The van der Waals surface area contributed by atoms with Crippen LogP contribution in [0.2, 0.25) is 13.1 Å². The third-order valence-electron chi connectivity index (χ3n) is 11.2. The molecule has 0 aliphatic rings. The SMILES string of the molecule is CCCCC/C=C\C/C=C\CCCCCCCC(OCC(CCCCCCCC)SCCCCCCCCCC)O[Si](C)(C)OCCCCCCN(CCO)CCO. The lowest BCUT2D eigenvalue weighted by atomic mass is 10.1. The number of thioether (sulfide) groups is 1. The highest BCUT2D eigenvalue weighted by atomic mass is 32.2. The monoisotopic (exact) mass is 856 g/mol. The molecule has 0 aliphatic carbocycles. The van der Waals surface area contributed by atoms with Gasteiger partial charge in [-0.3, -0.25) is 4.90 Å². The largest absolute Gasteiger partial charge is 0.395 e. The van der Waals surface area contributed by atoms with E-state index in [2.05, 4.69) is 74.8 Å². The van der Waals surface area contributed by atoms with E-state index in [1.54, 1.807) is 0 Å². The number of nitrogens with zero attached hydrogens (tertiary/aromatic N) is 1. The van der Waals surface area contributed by atoms with Crippen LogP contribution in [0.3, 0.4) is 0 Å². The topological polar surface area (TPSA) is 71.4 Å². The van der Waals surface area contributed by atoms with Crippen molar-refractivity contribution in [1.82, 2.24) is 4.90 Å². The summed E-state index contributed by atoms with van der Waals surface area (Å²) in [5.41, 5.74) is 0. The van der Waals surface area contributed by atoms with Crippen LogP contribution in [0, 0.1) is 0 Å². The number of hydrogen-bond donors (Lipinski definition) is 2. The predicted molar refractivity (Wildman–Crippen MR) is 260 cm³/mol. The Morgan fingerprint density at radius 2 is 1.02 bits per heavy atom. The van der Waals surface area contributed by atoms with Gasteiger partial charge in [-0.05, 0) is 96.0 Å². The lowest BCUT2D eigenvalue weighted by Gasteiger charge is -2.30. The van der Waals surface area contributed by atoms with E-state index in [1.807, 2.05) is 0 Å². The molecule has 0 radical (unpaired) electrons. The summed E-state index contributed by atoms with van der Waals surface area (Å²) in [5.74, 6) is 1.25. The van der Waals surface area contributed by atoms with Gasteiger partial charge in [0, 0.05) is 24.9 Å². The number of ether oxygens (including phenoxy) is 1. The second-order valence-corrected chi connectivity index (χ2v) is 22.1. The molecule has 0 rings (SSSR count). The number of aliphatic hydroxyl groups is 2. The van der Waals surface area contributed by atoms with Crippen molar-refractivity contribution < 1.29 is 23.8 Å². The number of rotatable bonds is 48. The summed E-state index contributed by atoms with van der Waals surface area (Å²) in [6.45, 7) is 15.3. The summed E-state index contributed by atoms with van der Waals surface area (Å²) in [5, 5.41) is 19.1. The van der Waals surface area contributed by atoms with Gasteiger partial charge in [0.2, 0.25) is 0 Å². The molecule has 0 bridgehead atoms. The standard InChI is InChI=1S/C50H101NO5SSi/c1-6-9-12-15-18-20-21-22-23-24-25-26-27-30-35-40-50(56-58(4,5)55-46-37-32-31-36-41-51(42-44-52)43-45-53)54-48-49(39-34-29-17-14-11-8-3)57-47-38-33-28-19-16-13-10-7-2/h18,20,22-23,49-50,52-53H,6-17,19,21,24-48H2,1-5H3/b20-18-,23-22-. The van der Waals surface area contributed by atoms with Gasteiger partial charge in [-0.25, -0.2) is 0 Å². The summed E-state index contributed by atoms with van der Waals surface area (Å²) in [7, 11) is -2.36. The first-order chi connectivity index (χ1) is 28.4. The summed E-state index contributed by atoms with van der Waals surface area (Å²) in [6.07, 6.45) is 48.6. The van der Waals surface area contributed by atoms with Crippen LogP contribution in [0.5, 0.6) is 0 Å². The zero-order valence-corrected chi connectivity index (χ0v) is 41.3. The van der Waals surface area contributed by atoms with Crippen LogP contribution in [0.25, 0.3) is 0 Å². The molecule has 0 amide bonds. The Balaban J connectivity index is 5.00. The van der Waals surface area contributed by atoms with Crippen LogP contribution in [-0.4, -0.2) is 87.0 Å². The highest BCUT2D eigenvalue weighted by Gasteiger charge is 2.29. The Morgan fingerprint density at radius 3 is 1.62 bits per heavy atom. The Morgan fingerprint density at radius 1 is 0.534 bits per heavy atom. The average Bonchev–Trinajstić information content (AvgIpc) is 3.21. The maximum absolute atomic E-state index is 9.28. The number of allylic oxidation sites excluding steroid dienone is 4. The fraction of sp³-hybridized carbons (Fsp3) is 0.920. The number of unbranched alkanes of at least 4 members (excludes halogenated alkanes) is 23. The van der Waals surface area contributed by atoms with Crippen LogP contribution >= 0.6 is 11.8 Å². The molecule has 0 aromatic rings. The first-order valence-electron chi connectivity index (χ1n) is 25.2. The molecule has 0 aliphatic heterocycles. The van der Waals surface area contributed by atoms with Crippen LogP contribution < -0.4 is 0 Å². The number of hydrogen-bond acceptors (Lipinski definition) is 7. The van der Waals surface area contributed by atoms with Crippen molar-refractivity contribution in [2.24, 2.45) is 0 Å². The maximum atomic E-state index is 9.28. The van der Waals surface area contributed by atoms with Gasteiger partial charge < -0.3 is 23.8 Å². The highest BCUT2D eigenvalue weighted by Crippen LogP contribution is 2.24. The summed E-state index contributed by atoms with van der Waals surface area (Å²) in [6, 6.07) is 0. The van der Waals surface area contributed by atoms with E-state index in [-0.39, 0.29) is 19.5 Å². The van der Waals surface area contributed by atoms with Crippen molar-refractivity contribution >= 4 is 20.3 Å². The van der Waals surface area contributed by atoms with E-state index in [1.165, 1.54) is 160 Å². The van der Waals surface area contributed by atoms with Crippen LogP contribution in [0.1, 0.15) is 220 Å². The minimum atomic E-state index is -2.36. The third-order valence-corrected chi connectivity index (χ3v) is 14.3. The van der Waals surface area contributed by atoms with Crippen LogP contribution in [-0.2, 0) is 13.6 Å². The molecule has 0 heterocycles. The molecule has 2 atom stereocenters. The van der Waals surface area contributed by atoms with Crippen molar-refractivity contribution in [2.45, 2.75) is 244 Å². The minimum Gasteiger partial charge on any atom is -0.395 e. The Labute approximate surface area is 368 Å². The molecule has 0 aromatic heterocycles. The second-order valence-electron chi connectivity index (χ2n) is 17.4. The third kappa shape index (κ3) is 42.5. The number of aliphatic hydroxyl groups excluding tert-OH is 2. The Hall–Kier alpha value is -0.193. The van der Waals surface area contributed by atoms with E-state index in [9.17, 15) is 10.2 Å². The Kier molecular flexibility index (Phi) is 46.2. The molecule has 0 saturated carbocycles. The molecule has 0 saturated heterocycles. The van der Waals surface area contributed by atoms with Crippen LogP contribution in [0.4, 0.5) is 0 Å². The van der Waals surface area contributed by atoms with Gasteiger partial charge in [0.05, 0.1) is 19.8 Å². The molecule has 6 nitrogen and oxygen atoms in total. The zero-order chi connectivity index (χ0) is 42.5. The van der Waals surface area contributed by atoms with Crippen molar-refractivity contribution in [3.8, 4) is 0 Å². The second kappa shape index (κ2) is 46.3. The van der Waals surface area contributed by atoms with Gasteiger partial charge >= 0.3 is 8.56 Å². The fourth-order valence-electron chi connectivity index (χ4n) is 7.44.